The van der Waals surface area contributed by atoms with Gasteiger partial charge in [0.15, 0.2) is 0 Å². The molecule has 2 unspecified atom stereocenters. The summed E-state index contributed by atoms with van der Waals surface area (Å²) in [6.07, 6.45) is 24.6. The van der Waals surface area contributed by atoms with Crippen LogP contribution >= 0.6 is 0 Å². The van der Waals surface area contributed by atoms with Gasteiger partial charge in [0.05, 0.1) is 0 Å². The SMILES string of the molecule is CCCCCCCCC(c1ccc(C(CCCCCC)c2ccc(C(CCCCCCCC)c3ccc(N)cc3C)cc2)cc1)c1ccc(N)cc1C. The molecule has 0 saturated carbocycles. The topological polar surface area (TPSA) is 52.0 Å². The lowest BCUT2D eigenvalue weighted by atomic mass is 9.81. The highest BCUT2D eigenvalue weighted by molar-refractivity contribution is 5.50. The van der Waals surface area contributed by atoms with Crippen LogP contribution in [0, 0.1) is 13.8 Å². The van der Waals surface area contributed by atoms with E-state index in [1.165, 1.54) is 167 Å². The molecule has 0 aliphatic carbocycles. The fourth-order valence-electron chi connectivity index (χ4n) is 8.66. The van der Waals surface area contributed by atoms with Gasteiger partial charge in [-0.2, -0.15) is 0 Å². The molecule has 0 fully saturated rings. The van der Waals surface area contributed by atoms with Gasteiger partial charge in [-0.1, -0.05) is 184 Å². The van der Waals surface area contributed by atoms with E-state index < -0.39 is 0 Å². The maximum absolute atomic E-state index is 6.21. The van der Waals surface area contributed by atoms with Crippen molar-refractivity contribution in [3.05, 3.63) is 129 Å². The van der Waals surface area contributed by atoms with Gasteiger partial charge < -0.3 is 11.5 Å². The zero-order valence-corrected chi connectivity index (χ0v) is 34.4. The average Bonchev–Trinajstić information content (AvgIpc) is 3.16. The van der Waals surface area contributed by atoms with Crippen LogP contribution in [0.15, 0.2) is 84.9 Å². The summed E-state index contributed by atoms with van der Waals surface area (Å²) >= 11 is 0. The molecule has 4 aromatic carbocycles. The molecule has 0 heterocycles. The number of anilines is 2. The third-order valence-electron chi connectivity index (χ3n) is 11.9. The number of nitrogens with two attached hydrogens (primary N) is 2. The Morgan fingerprint density at radius 3 is 0.981 bits per heavy atom. The lowest BCUT2D eigenvalue weighted by molar-refractivity contribution is 0.566. The minimum atomic E-state index is 0.401. The Kier molecular flexibility index (Phi) is 18.6. The van der Waals surface area contributed by atoms with Gasteiger partial charge in [0, 0.05) is 29.1 Å². The van der Waals surface area contributed by atoms with Crippen molar-refractivity contribution in [3.63, 3.8) is 0 Å². The molecule has 2 atom stereocenters. The molecule has 0 radical (unpaired) electrons. The molecule has 4 rings (SSSR count). The standard InChI is InChI=1S/C51H74N2/c1-6-9-12-15-17-20-23-50(47-35-33-45(52)37-39(47)4)43-29-25-41(26-30-43)49(22-19-14-11-8-3)42-27-31-44(32-28-42)51(24-21-18-16-13-10-7-2)48-36-34-46(53)38-40(48)5/h25-38,49-51H,6-24,52-53H2,1-5H3. The number of rotatable bonds is 25. The van der Waals surface area contributed by atoms with Gasteiger partial charge >= 0.3 is 0 Å². The fraction of sp³-hybridized carbons (Fsp3) is 0.529. The van der Waals surface area contributed by atoms with Crippen molar-refractivity contribution < 1.29 is 0 Å². The Bertz CT molecular complexity index is 1470. The summed E-state index contributed by atoms with van der Waals surface area (Å²) in [4.78, 5) is 0. The summed E-state index contributed by atoms with van der Waals surface area (Å²) in [7, 11) is 0. The van der Waals surface area contributed by atoms with E-state index in [4.69, 9.17) is 11.5 Å². The number of hydrogen-bond acceptors (Lipinski definition) is 2. The van der Waals surface area contributed by atoms with Crippen LogP contribution in [-0.4, -0.2) is 0 Å². The predicted molar refractivity (Wildman–Crippen MR) is 234 cm³/mol. The highest BCUT2D eigenvalue weighted by atomic mass is 14.5. The van der Waals surface area contributed by atoms with E-state index >= 15 is 0 Å². The molecule has 0 aromatic heterocycles. The van der Waals surface area contributed by atoms with Crippen LogP contribution in [0.2, 0.25) is 0 Å². The Morgan fingerprint density at radius 2 is 0.642 bits per heavy atom. The summed E-state index contributed by atoms with van der Waals surface area (Å²) in [6, 6.07) is 32.6. The van der Waals surface area contributed by atoms with Crippen molar-refractivity contribution in [3.8, 4) is 0 Å². The Morgan fingerprint density at radius 1 is 0.358 bits per heavy atom. The lowest BCUT2D eigenvalue weighted by Gasteiger charge is -2.24. The van der Waals surface area contributed by atoms with Gasteiger partial charge in [-0.15, -0.1) is 0 Å². The molecule has 0 aliphatic rings. The maximum atomic E-state index is 6.21. The second-order valence-corrected chi connectivity index (χ2v) is 16.2. The molecule has 0 aliphatic heterocycles. The fourth-order valence-corrected chi connectivity index (χ4v) is 8.66. The van der Waals surface area contributed by atoms with Crippen molar-refractivity contribution in [1.82, 2.24) is 0 Å². The number of nitrogen functional groups attached to an aromatic ring is 2. The summed E-state index contributed by atoms with van der Waals surface area (Å²) in [5.41, 5.74) is 25.4. The van der Waals surface area contributed by atoms with Crippen molar-refractivity contribution in [1.29, 1.82) is 0 Å². The van der Waals surface area contributed by atoms with Crippen molar-refractivity contribution >= 4 is 11.4 Å². The first kappa shape index (κ1) is 42.2. The molecule has 2 heteroatoms. The summed E-state index contributed by atoms with van der Waals surface area (Å²) < 4.78 is 0. The largest absolute Gasteiger partial charge is 0.399 e. The summed E-state index contributed by atoms with van der Waals surface area (Å²) in [5.74, 6) is 1.21. The third kappa shape index (κ3) is 13.4. The predicted octanol–water partition coefficient (Wildman–Crippen LogP) is 15.3. The zero-order valence-electron chi connectivity index (χ0n) is 34.4. The van der Waals surface area contributed by atoms with E-state index in [0.717, 1.165) is 11.4 Å². The first-order chi connectivity index (χ1) is 25.9. The average molecular weight is 715 g/mol. The second-order valence-electron chi connectivity index (χ2n) is 16.2. The molecule has 0 amide bonds. The lowest BCUT2D eigenvalue weighted by Crippen LogP contribution is -2.07. The Balaban J connectivity index is 1.59. The number of benzene rings is 4. The van der Waals surface area contributed by atoms with Gasteiger partial charge in [0.2, 0.25) is 0 Å². The van der Waals surface area contributed by atoms with Crippen LogP contribution < -0.4 is 11.5 Å². The molecular formula is C51H74N2. The number of unbranched alkanes of at least 4 members (excludes halogenated alkanes) is 13. The first-order valence-electron chi connectivity index (χ1n) is 21.8. The van der Waals surface area contributed by atoms with Gasteiger partial charge in [-0.25, -0.2) is 0 Å². The van der Waals surface area contributed by atoms with E-state index in [2.05, 4.69) is 120 Å². The Labute approximate surface area is 325 Å². The van der Waals surface area contributed by atoms with Crippen LogP contribution in [-0.2, 0) is 0 Å². The number of hydrogen-bond donors (Lipinski definition) is 2. The van der Waals surface area contributed by atoms with Crippen LogP contribution in [0.1, 0.15) is 205 Å². The molecule has 0 saturated heterocycles. The van der Waals surface area contributed by atoms with E-state index in [9.17, 15) is 0 Å². The second kappa shape index (κ2) is 23.3. The number of aryl methyl sites for hydroxylation is 2. The van der Waals surface area contributed by atoms with Crippen LogP contribution in [0.5, 0.6) is 0 Å². The zero-order chi connectivity index (χ0) is 37.8. The third-order valence-corrected chi connectivity index (χ3v) is 11.9. The molecule has 4 N–H and O–H groups in total. The summed E-state index contributed by atoms with van der Waals surface area (Å²) in [6.45, 7) is 11.4. The first-order valence-corrected chi connectivity index (χ1v) is 21.8. The van der Waals surface area contributed by atoms with Crippen LogP contribution in [0.4, 0.5) is 11.4 Å². The van der Waals surface area contributed by atoms with Gasteiger partial charge in [0.1, 0.15) is 0 Å². The van der Waals surface area contributed by atoms with Crippen LogP contribution in [0.3, 0.4) is 0 Å². The normalized spacial score (nSPS) is 13.2. The molecule has 53 heavy (non-hydrogen) atoms. The molecule has 0 bridgehead atoms. The minimum absolute atomic E-state index is 0.401. The van der Waals surface area contributed by atoms with E-state index in [0.29, 0.717) is 17.8 Å². The van der Waals surface area contributed by atoms with E-state index in [1.54, 1.807) is 0 Å². The molecule has 2 nitrogen and oxygen atoms in total. The maximum Gasteiger partial charge on any atom is 0.0316 e. The molecule has 0 spiro atoms. The van der Waals surface area contributed by atoms with E-state index in [1.807, 2.05) is 0 Å². The smallest absolute Gasteiger partial charge is 0.0316 e. The highest BCUT2D eigenvalue weighted by Crippen LogP contribution is 2.38. The summed E-state index contributed by atoms with van der Waals surface area (Å²) in [5, 5.41) is 0. The quantitative estimate of drug-likeness (QED) is 0.0530. The van der Waals surface area contributed by atoms with Gasteiger partial charge in [0.25, 0.3) is 0 Å². The molecule has 4 aromatic rings. The van der Waals surface area contributed by atoms with Gasteiger partial charge in [-0.05, 0) is 102 Å². The molecule has 288 valence electrons. The van der Waals surface area contributed by atoms with Crippen molar-refractivity contribution in [2.45, 2.75) is 174 Å². The van der Waals surface area contributed by atoms with E-state index in [-0.39, 0.29) is 0 Å². The Hall–Kier alpha value is -3.52. The highest BCUT2D eigenvalue weighted by Gasteiger charge is 2.21. The van der Waals surface area contributed by atoms with Crippen molar-refractivity contribution in [2.24, 2.45) is 0 Å². The van der Waals surface area contributed by atoms with Crippen molar-refractivity contribution in [2.75, 3.05) is 11.5 Å². The monoisotopic (exact) mass is 715 g/mol. The van der Waals surface area contributed by atoms with Crippen LogP contribution in [0.25, 0.3) is 0 Å². The molecular weight excluding hydrogens is 641 g/mol. The van der Waals surface area contributed by atoms with Gasteiger partial charge in [-0.3, -0.25) is 0 Å². The minimum Gasteiger partial charge on any atom is -0.399 e.